The van der Waals surface area contributed by atoms with Crippen LogP contribution in [0.2, 0.25) is 0 Å². The van der Waals surface area contributed by atoms with Crippen molar-refractivity contribution >= 4 is 24.6 Å². The molecule has 4 heterocycles. The molecule has 5 N–H and O–H groups in total. The molecule has 0 aromatic carbocycles. The summed E-state index contributed by atoms with van der Waals surface area (Å²) in [7, 11) is -4.73. The Kier molecular flexibility index (Phi) is 3.64. The van der Waals surface area contributed by atoms with Crippen molar-refractivity contribution in [3.63, 3.8) is 0 Å². The number of ether oxygens (including phenoxy) is 3. The number of anilines is 1. The molecule has 2 aromatic heterocycles. The third-order valence-corrected chi connectivity index (χ3v) is 5.63. The van der Waals surface area contributed by atoms with E-state index in [0.29, 0.717) is 11.2 Å². The van der Waals surface area contributed by atoms with Gasteiger partial charge in [0.15, 0.2) is 17.7 Å². The zero-order valence-corrected chi connectivity index (χ0v) is 13.9. The Morgan fingerprint density at radius 1 is 1.32 bits per heavy atom. The molecule has 2 aliphatic rings. The van der Waals surface area contributed by atoms with Crippen molar-refractivity contribution in [1.29, 1.82) is 0 Å². The third kappa shape index (κ3) is 2.38. The average molecular weight is 373 g/mol. The molecule has 2 aromatic rings. The van der Waals surface area contributed by atoms with Crippen molar-refractivity contribution in [1.82, 2.24) is 19.5 Å². The van der Waals surface area contributed by atoms with E-state index in [2.05, 4.69) is 15.0 Å². The van der Waals surface area contributed by atoms with Crippen LogP contribution < -0.4 is 5.73 Å². The van der Waals surface area contributed by atoms with Gasteiger partial charge in [-0.1, -0.05) is 0 Å². The van der Waals surface area contributed by atoms with Crippen LogP contribution in [0.4, 0.5) is 5.82 Å². The van der Waals surface area contributed by atoms with Crippen molar-refractivity contribution in [2.75, 3.05) is 12.3 Å². The summed E-state index contributed by atoms with van der Waals surface area (Å²) < 4.78 is 30.0. The van der Waals surface area contributed by atoms with Gasteiger partial charge in [0, 0.05) is 6.92 Å². The van der Waals surface area contributed by atoms with E-state index < -0.39 is 44.3 Å². The summed E-state index contributed by atoms with van der Waals surface area (Å²) in [5, 5.41) is 9.53. The first-order chi connectivity index (χ1) is 11.7. The van der Waals surface area contributed by atoms with Gasteiger partial charge in [0.05, 0.1) is 12.9 Å². The van der Waals surface area contributed by atoms with Crippen LogP contribution >= 0.6 is 7.60 Å². The quantitative estimate of drug-likeness (QED) is 0.482. The Bertz CT molecular complexity index is 871. The van der Waals surface area contributed by atoms with Crippen molar-refractivity contribution in [3.8, 4) is 0 Å². The molecule has 13 heteroatoms. The molecule has 25 heavy (non-hydrogen) atoms. The summed E-state index contributed by atoms with van der Waals surface area (Å²) in [5.41, 5.74) is 4.36. The molecule has 136 valence electrons. The summed E-state index contributed by atoms with van der Waals surface area (Å²) in [6.07, 6.45) is -0.784. The van der Waals surface area contributed by atoms with Gasteiger partial charge in [-0.3, -0.25) is 9.13 Å². The van der Waals surface area contributed by atoms with Gasteiger partial charge in [-0.05, 0) is 0 Å². The summed E-state index contributed by atoms with van der Waals surface area (Å²) in [6, 6.07) is 0. The van der Waals surface area contributed by atoms with Crippen molar-refractivity contribution in [3.05, 3.63) is 12.7 Å². The van der Waals surface area contributed by atoms with Gasteiger partial charge in [0.25, 0.3) is 5.53 Å². The molecule has 0 amide bonds. The summed E-state index contributed by atoms with van der Waals surface area (Å²) in [6.45, 7) is 0.742. The van der Waals surface area contributed by atoms with E-state index in [9.17, 15) is 19.5 Å². The number of nitrogens with zero attached hydrogens (tertiary/aromatic N) is 4. The molecule has 0 radical (unpaired) electrons. The topological polar surface area (TPSA) is 175 Å². The number of hydrogen-bond acceptors (Lipinski definition) is 9. The van der Waals surface area contributed by atoms with Gasteiger partial charge in [-0.15, -0.1) is 0 Å². The second kappa shape index (κ2) is 5.42. The number of fused-ring (bicyclic) bond motifs is 2. The first kappa shape index (κ1) is 16.8. The molecule has 5 atom stereocenters. The normalized spacial score (nSPS) is 35.4. The SMILES string of the molecule is CC1(P(=O)(O)O)OC2C(CO)OC(n3cnc4c(N)ncnc43)C2O1. The summed E-state index contributed by atoms with van der Waals surface area (Å²) in [5.74, 6) is 0.181. The third-order valence-electron chi connectivity index (χ3n) is 4.37. The molecule has 5 unspecified atom stereocenters. The van der Waals surface area contributed by atoms with E-state index in [1.165, 1.54) is 17.2 Å². The molecule has 0 bridgehead atoms. The van der Waals surface area contributed by atoms with Gasteiger partial charge in [0.1, 0.15) is 30.2 Å². The number of hydrogen-bond donors (Lipinski definition) is 4. The molecule has 0 aliphatic carbocycles. The maximum Gasteiger partial charge on any atom is 0.384 e. The Hall–Kier alpha value is -1.66. The number of aliphatic hydroxyl groups excluding tert-OH is 1. The minimum atomic E-state index is -4.73. The Morgan fingerprint density at radius 2 is 2.04 bits per heavy atom. The minimum Gasteiger partial charge on any atom is -0.394 e. The van der Waals surface area contributed by atoms with Gasteiger partial charge in [0.2, 0.25) is 0 Å². The molecule has 0 spiro atoms. The number of nitrogen functional groups attached to an aromatic ring is 1. The molecular weight excluding hydrogens is 357 g/mol. The highest BCUT2D eigenvalue weighted by Crippen LogP contribution is 2.59. The Labute approximate surface area is 140 Å². The van der Waals surface area contributed by atoms with E-state index in [4.69, 9.17) is 19.9 Å². The number of nitrogens with two attached hydrogens (primary N) is 1. The standard InChI is InChI=1S/C12H16N5O7P/c1-12(25(19,20)21)23-7-5(2-18)22-11(8(7)24-12)17-4-16-6-9(13)14-3-15-10(6)17/h3-5,7-8,11,18H,2H2,1H3,(H2,13,14,15)(H2,19,20,21). The zero-order valence-electron chi connectivity index (χ0n) is 13.0. The largest absolute Gasteiger partial charge is 0.394 e. The highest BCUT2D eigenvalue weighted by Gasteiger charge is 2.63. The van der Waals surface area contributed by atoms with Crippen molar-refractivity contribution < 1.29 is 33.7 Å². The van der Waals surface area contributed by atoms with Crippen LogP contribution in [-0.2, 0) is 18.8 Å². The second-order valence-electron chi connectivity index (χ2n) is 5.94. The number of imidazole rings is 1. The molecule has 2 saturated heterocycles. The van der Waals surface area contributed by atoms with Crippen LogP contribution in [0.5, 0.6) is 0 Å². The molecule has 2 aliphatic heterocycles. The first-order valence-corrected chi connectivity index (χ1v) is 8.97. The van der Waals surface area contributed by atoms with Crippen LogP contribution in [0.25, 0.3) is 11.2 Å². The number of rotatable bonds is 3. The lowest BCUT2D eigenvalue weighted by atomic mass is 10.1. The fraction of sp³-hybridized carbons (Fsp3) is 0.583. The second-order valence-corrected chi connectivity index (χ2v) is 7.84. The lowest BCUT2D eigenvalue weighted by Crippen LogP contribution is -2.33. The summed E-state index contributed by atoms with van der Waals surface area (Å²) in [4.78, 5) is 31.1. The molecule has 0 saturated carbocycles. The van der Waals surface area contributed by atoms with Crippen molar-refractivity contribution in [2.24, 2.45) is 0 Å². The smallest absolute Gasteiger partial charge is 0.384 e. The Balaban J connectivity index is 1.76. The van der Waals surface area contributed by atoms with Crippen LogP contribution in [-0.4, -0.2) is 64.9 Å². The van der Waals surface area contributed by atoms with Crippen LogP contribution in [0, 0.1) is 0 Å². The van der Waals surface area contributed by atoms with Gasteiger partial charge in [-0.2, -0.15) is 0 Å². The highest BCUT2D eigenvalue weighted by molar-refractivity contribution is 7.53. The van der Waals surface area contributed by atoms with Crippen molar-refractivity contribution in [2.45, 2.75) is 37.0 Å². The fourth-order valence-corrected chi connectivity index (χ4v) is 3.59. The molecule has 4 rings (SSSR count). The van der Waals surface area contributed by atoms with E-state index in [-0.39, 0.29) is 5.82 Å². The minimum absolute atomic E-state index is 0.181. The maximum absolute atomic E-state index is 11.7. The monoisotopic (exact) mass is 373 g/mol. The lowest BCUT2D eigenvalue weighted by molar-refractivity contribution is -0.174. The van der Waals surface area contributed by atoms with Gasteiger partial charge in [-0.25, -0.2) is 15.0 Å². The highest BCUT2D eigenvalue weighted by atomic mass is 31.2. The van der Waals surface area contributed by atoms with E-state index in [1.807, 2.05) is 0 Å². The van der Waals surface area contributed by atoms with Crippen LogP contribution in [0.1, 0.15) is 13.2 Å². The predicted octanol–water partition coefficient (Wildman–Crippen LogP) is -1.07. The van der Waals surface area contributed by atoms with Crippen LogP contribution in [0.3, 0.4) is 0 Å². The average Bonchev–Trinajstić information content (AvgIpc) is 3.18. The van der Waals surface area contributed by atoms with E-state index in [0.717, 1.165) is 6.92 Å². The zero-order chi connectivity index (χ0) is 18.0. The summed E-state index contributed by atoms with van der Waals surface area (Å²) >= 11 is 0. The molecular formula is C12H16N5O7P. The lowest BCUT2D eigenvalue weighted by Gasteiger charge is -2.27. The van der Waals surface area contributed by atoms with E-state index >= 15 is 0 Å². The molecule has 12 nitrogen and oxygen atoms in total. The number of aliphatic hydroxyl groups is 1. The predicted molar refractivity (Wildman–Crippen MR) is 80.9 cm³/mol. The van der Waals surface area contributed by atoms with Crippen LogP contribution in [0.15, 0.2) is 12.7 Å². The van der Waals surface area contributed by atoms with Gasteiger partial charge >= 0.3 is 7.60 Å². The maximum atomic E-state index is 11.7. The Morgan fingerprint density at radius 3 is 2.72 bits per heavy atom. The number of aromatic nitrogens is 4. The van der Waals surface area contributed by atoms with Gasteiger partial charge < -0.3 is 34.8 Å². The fourth-order valence-electron chi connectivity index (χ4n) is 3.07. The molecule has 2 fully saturated rings. The first-order valence-electron chi connectivity index (χ1n) is 7.36. The van der Waals surface area contributed by atoms with E-state index in [1.54, 1.807) is 0 Å².